The molecule has 0 unspecified atom stereocenters. The number of fused-ring (bicyclic) bond motifs is 1. The molecule has 4 aromatic rings. The van der Waals surface area contributed by atoms with Gasteiger partial charge in [-0.3, -0.25) is 4.79 Å². The molecule has 6 nitrogen and oxygen atoms in total. The fourth-order valence-corrected chi connectivity index (χ4v) is 5.78. The zero-order chi connectivity index (χ0) is 24.2. The molecule has 0 saturated heterocycles. The van der Waals surface area contributed by atoms with Crippen LogP contribution >= 0.6 is 38.6 Å². The molecule has 3 aromatic heterocycles. The van der Waals surface area contributed by atoms with Gasteiger partial charge in [-0.1, -0.05) is 41.4 Å². The van der Waals surface area contributed by atoms with E-state index in [1.807, 2.05) is 41.8 Å². The molecule has 1 amide bonds. The molecule has 34 heavy (non-hydrogen) atoms. The molecule has 0 aliphatic heterocycles. The Morgan fingerprint density at radius 1 is 1.15 bits per heavy atom. The smallest absolute Gasteiger partial charge is 0.341 e. The number of carbonyl (C=O) groups is 2. The average Bonchev–Trinajstić information content (AvgIpc) is 3.39. The van der Waals surface area contributed by atoms with Gasteiger partial charge in [-0.15, -0.1) is 22.7 Å². The molecule has 0 atom stereocenters. The molecular formula is C25H24BrN3O3S2. The number of rotatable bonds is 8. The number of hydrogen-bond acceptors (Lipinski definition) is 7. The van der Waals surface area contributed by atoms with E-state index in [4.69, 9.17) is 10.5 Å². The third kappa shape index (κ3) is 5.01. The lowest BCUT2D eigenvalue weighted by Gasteiger charge is -2.09. The number of amides is 1. The second-order valence-corrected chi connectivity index (χ2v) is 10.4. The van der Waals surface area contributed by atoms with Gasteiger partial charge in [-0.2, -0.15) is 0 Å². The van der Waals surface area contributed by atoms with E-state index in [2.05, 4.69) is 33.2 Å². The zero-order valence-corrected chi connectivity index (χ0v) is 22.0. The van der Waals surface area contributed by atoms with Gasteiger partial charge in [0.05, 0.1) is 12.3 Å². The van der Waals surface area contributed by atoms with E-state index in [0.29, 0.717) is 26.7 Å². The second kappa shape index (κ2) is 10.7. The Morgan fingerprint density at radius 3 is 2.62 bits per heavy atom. The summed E-state index contributed by atoms with van der Waals surface area (Å²) in [4.78, 5) is 31.9. The number of ether oxygens (including phenoxy) is 1. The molecule has 9 heteroatoms. The third-order valence-electron chi connectivity index (χ3n) is 5.30. The summed E-state index contributed by atoms with van der Waals surface area (Å²) in [5.41, 5.74) is 9.60. The van der Waals surface area contributed by atoms with Gasteiger partial charge in [0, 0.05) is 26.5 Å². The molecule has 0 radical (unpaired) electrons. The van der Waals surface area contributed by atoms with Gasteiger partial charge in [0.25, 0.3) is 5.91 Å². The van der Waals surface area contributed by atoms with E-state index in [1.54, 1.807) is 6.92 Å². The predicted octanol–water partition coefficient (Wildman–Crippen LogP) is 7.14. The summed E-state index contributed by atoms with van der Waals surface area (Å²) >= 11 is 5.97. The molecule has 0 aliphatic rings. The Labute approximate surface area is 214 Å². The summed E-state index contributed by atoms with van der Waals surface area (Å²) in [6, 6.07) is 11.5. The minimum Gasteiger partial charge on any atom is -0.462 e. The number of pyridine rings is 1. The molecule has 0 bridgehead atoms. The summed E-state index contributed by atoms with van der Waals surface area (Å²) in [7, 11) is 0. The van der Waals surface area contributed by atoms with Gasteiger partial charge < -0.3 is 15.8 Å². The second-order valence-electron chi connectivity index (χ2n) is 7.64. The Balaban J connectivity index is 1.67. The maximum absolute atomic E-state index is 13.2. The van der Waals surface area contributed by atoms with Crippen molar-refractivity contribution in [1.82, 2.24) is 4.98 Å². The number of nitrogens with zero attached hydrogens (tertiary/aromatic N) is 1. The molecule has 0 spiro atoms. The van der Waals surface area contributed by atoms with Crippen LogP contribution in [0.1, 0.15) is 52.4 Å². The SMILES string of the molecule is CCCCc1ccc2c(N)c(C(=O)Nc3scc(-c4ccc(Br)cc4)c3C(=O)OCC)sc2n1. The number of thiophene rings is 2. The van der Waals surface area contributed by atoms with Crippen LogP contribution in [0.4, 0.5) is 10.7 Å². The van der Waals surface area contributed by atoms with Crippen LogP contribution in [-0.2, 0) is 11.2 Å². The first-order valence-corrected chi connectivity index (χ1v) is 13.5. The highest BCUT2D eigenvalue weighted by Crippen LogP contribution is 2.38. The van der Waals surface area contributed by atoms with E-state index in [0.717, 1.165) is 45.2 Å². The van der Waals surface area contributed by atoms with Crippen molar-refractivity contribution in [3.8, 4) is 11.1 Å². The number of aryl methyl sites for hydroxylation is 1. The van der Waals surface area contributed by atoms with Gasteiger partial charge in [0.15, 0.2) is 0 Å². The fourth-order valence-electron chi connectivity index (χ4n) is 3.56. The van der Waals surface area contributed by atoms with Gasteiger partial charge in [-0.25, -0.2) is 9.78 Å². The van der Waals surface area contributed by atoms with Crippen molar-refractivity contribution in [2.45, 2.75) is 33.1 Å². The van der Waals surface area contributed by atoms with Crippen molar-refractivity contribution in [3.05, 3.63) is 62.4 Å². The summed E-state index contributed by atoms with van der Waals surface area (Å²) in [6.07, 6.45) is 3.04. The maximum atomic E-state index is 13.2. The number of nitrogens with two attached hydrogens (primary N) is 1. The molecule has 0 aliphatic carbocycles. The number of benzene rings is 1. The summed E-state index contributed by atoms with van der Waals surface area (Å²) in [5, 5.41) is 5.93. The van der Waals surface area contributed by atoms with Crippen LogP contribution in [-0.4, -0.2) is 23.5 Å². The highest BCUT2D eigenvalue weighted by atomic mass is 79.9. The summed E-state index contributed by atoms with van der Waals surface area (Å²) < 4.78 is 6.23. The van der Waals surface area contributed by atoms with Crippen molar-refractivity contribution in [2.75, 3.05) is 17.7 Å². The lowest BCUT2D eigenvalue weighted by molar-refractivity contribution is 0.0529. The first-order chi connectivity index (χ1) is 16.4. The molecule has 0 fully saturated rings. The van der Waals surface area contributed by atoms with Crippen LogP contribution in [0.15, 0.2) is 46.3 Å². The number of nitrogen functional groups attached to an aromatic ring is 1. The quantitative estimate of drug-likeness (QED) is 0.224. The highest BCUT2D eigenvalue weighted by Gasteiger charge is 2.25. The largest absolute Gasteiger partial charge is 0.462 e. The normalized spacial score (nSPS) is 11.0. The number of halogens is 1. The minimum atomic E-state index is -0.483. The molecule has 1 aromatic carbocycles. The number of esters is 1. The van der Waals surface area contributed by atoms with Gasteiger partial charge in [0.2, 0.25) is 0 Å². The van der Waals surface area contributed by atoms with E-state index >= 15 is 0 Å². The van der Waals surface area contributed by atoms with Gasteiger partial charge in [-0.05, 0) is 49.6 Å². The van der Waals surface area contributed by atoms with Crippen LogP contribution in [0.25, 0.3) is 21.3 Å². The van der Waals surface area contributed by atoms with E-state index in [1.165, 1.54) is 22.7 Å². The Kier molecular flexibility index (Phi) is 7.65. The summed E-state index contributed by atoms with van der Waals surface area (Å²) in [5.74, 6) is -0.853. The maximum Gasteiger partial charge on any atom is 0.341 e. The Hall–Kier alpha value is -2.75. The van der Waals surface area contributed by atoms with Gasteiger partial charge >= 0.3 is 5.97 Å². The van der Waals surface area contributed by atoms with Crippen molar-refractivity contribution in [3.63, 3.8) is 0 Å². The van der Waals surface area contributed by atoms with Gasteiger partial charge in [0.1, 0.15) is 20.3 Å². The van der Waals surface area contributed by atoms with Crippen LogP contribution in [0.5, 0.6) is 0 Å². The molecule has 3 heterocycles. The molecular weight excluding hydrogens is 534 g/mol. The van der Waals surface area contributed by atoms with Crippen molar-refractivity contribution >= 4 is 71.4 Å². The average molecular weight is 559 g/mol. The Morgan fingerprint density at radius 2 is 1.91 bits per heavy atom. The molecule has 4 rings (SSSR count). The molecule has 0 saturated carbocycles. The molecule has 3 N–H and O–H groups in total. The highest BCUT2D eigenvalue weighted by molar-refractivity contribution is 9.10. The lowest BCUT2D eigenvalue weighted by atomic mass is 10.0. The standard InChI is InChI=1S/C25H24BrN3O3S2/c1-3-5-6-16-11-12-17-20(27)21(34-23(17)28-16)22(30)29-24-19(25(31)32-4-2)18(13-33-24)14-7-9-15(26)10-8-14/h7-13H,3-6,27H2,1-2H3,(H,29,30). The summed E-state index contributed by atoms with van der Waals surface area (Å²) in [6.45, 7) is 4.13. The number of nitrogens with one attached hydrogen (secondary N) is 1. The van der Waals surface area contributed by atoms with Crippen LogP contribution in [0, 0.1) is 0 Å². The van der Waals surface area contributed by atoms with Crippen LogP contribution in [0.2, 0.25) is 0 Å². The first-order valence-electron chi connectivity index (χ1n) is 11.0. The number of carbonyl (C=O) groups excluding carboxylic acids is 2. The lowest BCUT2D eigenvalue weighted by Crippen LogP contribution is -2.14. The zero-order valence-electron chi connectivity index (χ0n) is 18.8. The van der Waals surface area contributed by atoms with Crippen molar-refractivity contribution in [1.29, 1.82) is 0 Å². The minimum absolute atomic E-state index is 0.233. The van der Waals surface area contributed by atoms with E-state index in [9.17, 15) is 9.59 Å². The number of aromatic nitrogens is 1. The monoisotopic (exact) mass is 557 g/mol. The number of hydrogen-bond donors (Lipinski definition) is 2. The van der Waals surface area contributed by atoms with Crippen molar-refractivity contribution in [2.24, 2.45) is 0 Å². The van der Waals surface area contributed by atoms with Crippen molar-refractivity contribution < 1.29 is 14.3 Å². The fraction of sp³-hybridized carbons (Fsp3) is 0.240. The number of unbranched alkanes of at least 4 members (excludes halogenated alkanes) is 1. The Bertz CT molecular complexity index is 1350. The number of anilines is 2. The topological polar surface area (TPSA) is 94.3 Å². The predicted molar refractivity (Wildman–Crippen MR) is 144 cm³/mol. The first kappa shape index (κ1) is 24.4. The van der Waals surface area contributed by atoms with Crippen LogP contribution in [0.3, 0.4) is 0 Å². The van der Waals surface area contributed by atoms with E-state index in [-0.39, 0.29) is 12.5 Å². The van der Waals surface area contributed by atoms with E-state index < -0.39 is 5.97 Å². The van der Waals surface area contributed by atoms with Crippen LogP contribution < -0.4 is 11.1 Å². The third-order valence-corrected chi connectivity index (χ3v) is 7.84. The molecule has 176 valence electrons.